The number of carbonyl (C=O) groups excluding carboxylic acids is 2. The van der Waals surface area contributed by atoms with Crippen LogP contribution in [0, 0.1) is 0 Å². The lowest BCUT2D eigenvalue weighted by molar-refractivity contribution is -0.121. The standard InChI is InChI=1S/C29H27ClN6O2S/c1-19-17-39-28-16-22(10-12-24(28)32-19)29(38)33-25(14-20-6-3-2-4-7-20)27(37)9-5-8-21-15-23(30)11-13-26(21)36-18-31-34-35-36/h2-4,6-7,10-13,15-16,18,25,32H,1,5,8-9,14,17H2,(H,33,38)/t25-/m0/s1. The first-order valence-corrected chi connectivity index (χ1v) is 13.9. The molecule has 0 radical (unpaired) electrons. The third kappa shape index (κ3) is 6.74. The summed E-state index contributed by atoms with van der Waals surface area (Å²) in [4.78, 5) is 27.7. The number of ketones is 1. The van der Waals surface area contributed by atoms with Crippen LogP contribution in [-0.4, -0.2) is 43.7 Å². The minimum atomic E-state index is -0.653. The van der Waals surface area contributed by atoms with Crippen LogP contribution in [-0.2, 0) is 17.6 Å². The minimum absolute atomic E-state index is 0.0245. The van der Waals surface area contributed by atoms with Gasteiger partial charge in [0, 0.05) is 33.4 Å². The molecule has 1 aromatic heterocycles. The summed E-state index contributed by atoms with van der Waals surface area (Å²) < 4.78 is 1.58. The summed E-state index contributed by atoms with van der Waals surface area (Å²) >= 11 is 7.88. The lowest BCUT2D eigenvalue weighted by atomic mass is 9.97. The second-order valence-electron chi connectivity index (χ2n) is 9.29. The number of fused-ring (bicyclic) bond motifs is 1. The number of carbonyl (C=O) groups is 2. The average Bonchev–Trinajstić information content (AvgIpc) is 3.48. The van der Waals surface area contributed by atoms with E-state index in [9.17, 15) is 9.59 Å². The number of amides is 1. The SMILES string of the molecule is C=C1CSc2cc(C(=O)N[C@@H](Cc3ccccc3)C(=O)CCCc3cc(Cl)ccc3-n3cnnn3)ccc2N1. The van der Waals surface area contributed by atoms with E-state index in [2.05, 4.69) is 32.7 Å². The van der Waals surface area contributed by atoms with Crippen LogP contribution in [0.5, 0.6) is 0 Å². The van der Waals surface area contributed by atoms with Crippen LogP contribution in [0.3, 0.4) is 0 Å². The van der Waals surface area contributed by atoms with Crippen LogP contribution < -0.4 is 10.6 Å². The summed E-state index contributed by atoms with van der Waals surface area (Å²) in [6.07, 6.45) is 3.42. The van der Waals surface area contributed by atoms with Gasteiger partial charge in [0.15, 0.2) is 5.78 Å². The van der Waals surface area contributed by atoms with Crippen molar-refractivity contribution in [3.63, 3.8) is 0 Å². The Morgan fingerprint density at radius 1 is 1.13 bits per heavy atom. The molecule has 39 heavy (non-hydrogen) atoms. The summed E-state index contributed by atoms with van der Waals surface area (Å²) in [5.41, 5.74) is 5.12. The van der Waals surface area contributed by atoms with Crippen molar-refractivity contribution in [1.29, 1.82) is 0 Å². The summed E-state index contributed by atoms with van der Waals surface area (Å²) in [7, 11) is 0. The number of hydrogen-bond acceptors (Lipinski definition) is 7. The molecule has 1 amide bonds. The third-order valence-corrected chi connectivity index (χ3v) is 7.82. The van der Waals surface area contributed by atoms with Crippen LogP contribution >= 0.6 is 23.4 Å². The van der Waals surface area contributed by atoms with E-state index in [1.165, 1.54) is 6.33 Å². The van der Waals surface area contributed by atoms with E-state index in [0.29, 0.717) is 36.3 Å². The fraction of sp³-hybridized carbons (Fsp3) is 0.207. The van der Waals surface area contributed by atoms with E-state index in [4.69, 9.17) is 11.6 Å². The second-order valence-corrected chi connectivity index (χ2v) is 10.7. The normalized spacial score (nSPS) is 13.3. The van der Waals surface area contributed by atoms with Gasteiger partial charge >= 0.3 is 0 Å². The molecular weight excluding hydrogens is 532 g/mol. The number of aryl methyl sites for hydroxylation is 1. The zero-order valence-corrected chi connectivity index (χ0v) is 22.7. The highest BCUT2D eigenvalue weighted by Gasteiger charge is 2.23. The van der Waals surface area contributed by atoms with E-state index >= 15 is 0 Å². The molecule has 10 heteroatoms. The van der Waals surface area contributed by atoms with Gasteiger partial charge in [-0.25, -0.2) is 4.68 Å². The molecule has 3 aromatic carbocycles. The predicted molar refractivity (Wildman–Crippen MR) is 153 cm³/mol. The molecule has 1 atom stereocenters. The van der Waals surface area contributed by atoms with E-state index in [-0.39, 0.29) is 11.7 Å². The Morgan fingerprint density at radius 3 is 2.77 bits per heavy atom. The zero-order valence-electron chi connectivity index (χ0n) is 21.1. The highest BCUT2D eigenvalue weighted by molar-refractivity contribution is 7.99. The number of aromatic nitrogens is 4. The molecule has 2 heterocycles. The third-order valence-electron chi connectivity index (χ3n) is 6.44. The monoisotopic (exact) mass is 558 g/mol. The van der Waals surface area contributed by atoms with E-state index in [1.807, 2.05) is 54.6 Å². The Labute approximate surface area is 235 Å². The maximum absolute atomic E-state index is 13.5. The van der Waals surface area contributed by atoms with Gasteiger partial charge in [0.1, 0.15) is 6.33 Å². The molecule has 0 bridgehead atoms. The van der Waals surface area contributed by atoms with Crippen LogP contribution in [0.1, 0.15) is 34.3 Å². The maximum Gasteiger partial charge on any atom is 0.251 e. The summed E-state index contributed by atoms with van der Waals surface area (Å²) in [5.74, 6) is 0.450. The number of hydrogen-bond donors (Lipinski definition) is 2. The van der Waals surface area contributed by atoms with Crippen molar-refractivity contribution in [3.05, 3.63) is 107 Å². The Hall–Kier alpha value is -3.95. The molecule has 4 aromatic rings. The van der Waals surface area contributed by atoms with Gasteiger partial charge in [-0.05, 0) is 77.2 Å². The van der Waals surface area contributed by atoms with Crippen molar-refractivity contribution >= 4 is 40.7 Å². The number of anilines is 1. The van der Waals surface area contributed by atoms with Gasteiger partial charge in [0.2, 0.25) is 0 Å². The highest BCUT2D eigenvalue weighted by Crippen LogP contribution is 2.34. The van der Waals surface area contributed by atoms with Gasteiger partial charge < -0.3 is 10.6 Å². The van der Waals surface area contributed by atoms with Gasteiger partial charge in [-0.15, -0.1) is 16.9 Å². The quantitative estimate of drug-likeness (QED) is 0.273. The average molecular weight is 559 g/mol. The Balaban J connectivity index is 1.28. The molecule has 0 saturated heterocycles. The lowest BCUT2D eigenvalue weighted by Crippen LogP contribution is -2.42. The smallest absolute Gasteiger partial charge is 0.251 e. The number of rotatable bonds is 10. The summed E-state index contributed by atoms with van der Waals surface area (Å²) in [6.45, 7) is 3.97. The van der Waals surface area contributed by atoms with Crippen molar-refractivity contribution < 1.29 is 9.59 Å². The number of benzene rings is 3. The van der Waals surface area contributed by atoms with Crippen molar-refractivity contribution in [1.82, 2.24) is 25.5 Å². The number of halogens is 1. The molecule has 0 fully saturated rings. The van der Waals surface area contributed by atoms with Crippen molar-refractivity contribution in [2.45, 2.75) is 36.6 Å². The Morgan fingerprint density at radius 2 is 1.97 bits per heavy atom. The number of nitrogens with one attached hydrogen (secondary N) is 2. The molecule has 198 valence electrons. The summed E-state index contributed by atoms with van der Waals surface area (Å²) in [5, 5.41) is 18.2. The zero-order chi connectivity index (χ0) is 27.2. The van der Waals surface area contributed by atoms with Crippen molar-refractivity contribution in [3.8, 4) is 5.69 Å². The van der Waals surface area contributed by atoms with Crippen LogP contribution in [0.15, 0.2) is 90.2 Å². The fourth-order valence-electron chi connectivity index (χ4n) is 4.49. The fourth-order valence-corrected chi connectivity index (χ4v) is 5.57. The Kier molecular flexibility index (Phi) is 8.39. The van der Waals surface area contributed by atoms with Crippen LogP contribution in [0.25, 0.3) is 5.69 Å². The number of Topliss-reactive ketones (excluding diaryl/α,β-unsaturated/α-hetero) is 1. The van der Waals surface area contributed by atoms with Crippen molar-refractivity contribution in [2.24, 2.45) is 0 Å². The van der Waals surface area contributed by atoms with Gasteiger partial charge in [-0.3, -0.25) is 9.59 Å². The molecule has 8 nitrogen and oxygen atoms in total. The van der Waals surface area contributed by atoms with Crippen molar-refractivity contribution in [2.75, 3.05) is 11.1 Å². The first-order chi connectivity index (χ1) is 19.0. The van der Waals surface area contributed by atoms with E-state index in [1.54, 1.807) is 28.6 Å². The van der Waals surface area contributed by atoms with Gasteiger partial charge in [0.25, 0.3) is 5.91 Å². The van der Waals surface area contributed by atoms with Crippen LogP contribution in [0.2, 0.25) is 5.02 Å². The second kappa shape index (κ2) is 12.3. The molecule has 1 aliphatic heterocycles. The van der Waals surface area contributed by atoms with E-state index in [0.717, 1.165) is 38.8 Å². The van der Waals surface area contributed by atoms with Crippen LogP contribution in [0.4, 0.5) is 5.69 Å². The van der Waals surface area contributed by atoms with E-state index < -0.39 is 6.04 Å². The number of thioether (sulfide) groups is 1. The minimum Gasteiger partial charge on any atom is -0.358 e. The lowest BCUT2D eigenvalue weighted by Gasteiger charge is -2.21. The number of nitrogens with zero attached hydrogens (tertiary/aromatic N) is 4. The molecular formula is C29H27ClN6O2S. The highest BCUT2D eigenvalue weighted by atomic mass is 35.5. The molecule has 0 saturated carbocycles. The molecule has 0 aliphatic carbocycles. The molecule has 0 unspecified atom stereocenters. The van der Waals surface area contributed by atoms with Gasteiger partial charge in [-0.1, -0.05) is 48.5 Å². The maximum atomic E-state index is 13.5. The summed E-state index contributed by atoms with van der Waals surface area (Å²) in [6, 6.07) is 20.1. The first kappa shape index (κ1) is 26.6. The Bertz CT molecular complexity index is 1490. The largest absolute Gasteiger partial charge is 0.358 e. The molecule has 0 spiro atoms. The predicted octanol–water partition coefficient (Wildman–Crippen LogP) is 5.28. The van der Waals surface area contributed by atoms with Gasteiger partial charge in [-0.2, -0.15) is 0 Å². The number of tetrazole rings is 1. The first-order valence-electron chi connectivity index (χ1n) is 12.6. The topological polar surface area (TPSA) is 102 Å². The molecule has 2 N–H and O–H groups in total. The molecule has 5 rings (SSSR count). The molecule has 1 aliphatic rings. The van der Waals surface area contributed by atoms with Gasteiger partial charge in [0.05, 0.1) is 17.4 Å².